The Morgan fingerprint density at radius 2 is 2.14 bits per heavy atom. The van der Waals surface area contributed by atoms with Gasteiger partial charge in [-0.1, -0.05) is 17.7 Å². The molecule has 0 spiro atoms. The van der Waals surface area contributed by atoms with Gasteiger partial charge >= 0.3 is 0 Å². The molecule has 0 aromatic heterocycles. The van der Waals surface area contributed by atoms with Crippen LogP contribution < -0.4 is 10.6 Å². The Kier molecular flexibility index (Phi) is 3.75. The van der Waals surface area contributed by atoms with E-state index in [-0.39, 0.29) is 6.54 Å². The number of nitrogens with two attached hydrogens (primary N) is 1. The molecular weight excluding hydrogens is 200 g/mol. The Labute approximate surface area is 89.1 Å². The molecule has 3 N–H and O–H groups in total. The maximum Gasteiger partial charge on any atom is 0.0946 e. The summed E-state index contributed by atoms with van der Waals surface area (Å²) in [6, 6.07) is 5.51. The third-order valence-electron chi connectivity index (χ3n) is 2.07. The number of benzene rings is 1. The zero-order valence-corrected chi connectivity index (χ0v) is 9.12. The molecule has 0 saturated carbocycles. The third kappa shape index (κ3) is 2.18. The maximum atomic E-state index is 9.70. The minimum atomic E-state index is -0.707. The van der Waals surface area contributed by atoms with Crippen molar-refractivity contribution in [1.82, 2.24) is 0 Å². The summed E-state index contributed by atoms with van der Waals surface area (Å²) in [6.45, 7) is 0.171. The molecule has 0 aliphatic rings. The molecule has 3 nitrogen and oxygen atoms in total. The highest BCUT2D eigenvalue weighted by Gasteiger charge is 2.15. The van der Waals surface area contributed by atoms with Crippen molar-refractivity contribution in [2.24, 2.45) is 5.73 Å². The number of nitrogens with zero attached hydrogens (tertiary/aromatic N) is 1. The van der Waals surface area contributed by atoms with E-state index in [1.807, 2.05) is 31.1 Å². The summed E-state index contributed by atoms with van der Waals surface area (Å²) in [5, 5.41) is 10.3. The van der Waals surface area contributed by atoms with Crippen molar-refractivity contribution in [2.75, 3.05) is 25.5 Å². The fourth-order valence-electron chi connectivity index (χ4n) is 1.36. The lowest BCUT2D eigenvalue weighted by Crippen LogP contribution is -2.18. The maximum absolute atomic E-state index is 9.70. The molecule has 0 radical (unpaired) electrons. The molecule has 0 aliphatic carbocycles. The smallest absolute Gasteiger partial charge is 0.0946 e. The van der Waals surface area contributed by atoms with Crippen LogP contribution in [0.2, 0.25) is 5.02 Å². The standard InChI is InChI=1S/C10H15ClN2O/c1-13(2)8-5-3-4-7(11)10(8)9(14)6-12/h3-5,9,14H,6,12H2,1-2H3. The monoisotopic (exact) mass is 214 g/mol. The first kappa shape index (κ1) is 11.3. The van der Waals surface area contributed by atoms with E-state index in [1.54, 1.807) is 6.07 Å². The topological polar surface area (TPSA) is 49.5 Å². The van der Waals surface area contributed by atoms with Crippen molar-refractivity contribution in [3.63, 3.8) is 0 Å². The molecule has 0 bridgehead atoms. The highest BCUT2D eigenvalue weighted by molar-refractivity contribution is 6.31. The summed E-state index contributed by atoms with van der Waals surface area (Å²) < 4.78 is 0. The van der Waals surface area contributed by atoms with Gasteiger partial charge in [0.2, 0.25) is 0 Å². The SMILES string of the molecule is CN(C)c1cccc(Cl)c1C(O)CN. The number of aliphatic hydroxyl groups excluding tert-OH is 1. The van der Waals surface area contributed by atoms with Gasteiger partial charge in [0, 0.05) is 36.9 Å². The van der Waals surface area contributed by atoms with E-state index in [9.17, 15) is 5.11 Å². The van der Waals surface area contributed by atoms with Crippen molar-refractivity contribution in [1.29, 1.82) is 0 Å². The zero-order chi connectivity index (χ0) is 10.7. The third-order valence-corrected chi connectivity index (χ3v) is 2.40. The number of aliphatic hydroxyl groups is 1. The van der Waals surface area contributed by atoms with Crippen molar-refractivity contribution in [2.45, 2.75) is 6.10 Å². The molecule has 78 valence electrons. The summed E-state index contributed by atoms with van der Waals surface area (Å²) >= 11 is 6.00. The second kappa shape index (κ2) is 4.64. The molecule has 0 aliphatic heterocycles. The van der Waals surface area contributed by atoms with Crippen molar-refractivity contribution < 1.29 is 5.11 Å². The molecule has 0 heterocycles. The van der Waals surface area contributed by atoms with Crippen LogP contribution in [0.5, 0.6) is 0 Å². The van der Waals surface area contributed by atoms with Gasteiger partial charge in [-0.2, -0.15) is 0 Å². The molecule has 0 amide bonds. The molecule has 1 aromatic carbocycles. The first-order valence-electron chi connectivity index (χ1n) is 4.41. The van der Waals surface area contributed by atoms with E-state index in [0.29, 0.717) is 10.6 Å². The number of anilines is 1. The summed E-state index contributed by atoms with van der Waals surface area (Å²) in [5.41, 5.74) is 7.01. The van der Waals surface area contributed by atoms with Crippen molar-refractivity contribution in [3.8, 4) is 0 Å². The van der Waals surface area contributed by atoms with Gasteiger partial charge in [0.1, 0.15) is 0 Å². The summed E-state index contributed by atoms with van der Waals surface area (Å²) in [4.78, 5) is 1.90. The largest absolute Gasteiger partial charge is 0.387 e. The molecular formula is C10H15ClN2O. The Bertz CT molecular complexity index is 315. The van der Waals surface area contributed by atoms with E-state index in [4.69, 9.17) is 17.3 Å². The van der Waals surface area contributed by atoms with E-state index in [1.165, 1.54) is 0 Å². The van der Waals surface area contributed by atoms with Gasteiger partial charge < -0.3 is 15.7 Å². The predicted octanol–water partition coefficient (Wildman–Crippen LogP) is 1.40. The van der Waals surface area contributed by atoms with Gasteiger partial charge in [0.05, 0.1) is 6.10 Å². The van der Waals surface area contributed by atoms with Crippen LogP contribution in [0.15, 0.2) is 18.2 Å². The zero-order valence-electron chi connectivity index (χ0n) is 8.37. The average Bonchev–Trinajstić information content (AvgIpc) is 2.16. The lowest BCUT2D eigenvalue weighted by atomic mass is 10.1. The van der Waals surface area contributed by atoms with Crippen LogP contribution in [0.25, 0.3) is 0 Å². The molecule has 1 rings (SSSR count). The van der Waals surface area contributed by atoms with Crippen molar-refractivity contribution in [3.05, 3.63) is 28.8 Å². The molecule has 0 saturated heterocycles. The lowest BCUT2D eigenvalue weighted by Gasteiger charge is -2.21. The van der Waals surface area contributed by atoms with E-state index in [2.05, 4.69) is 0 Å². The fraction of sp³-hybridized carbons (Fsp3) is 0.400. The van der Waals surface area contributed by atoms with Gasteiger partial charge in [0.25, 0.3) is 0 Å². The van der Waals surface area contributed by atoms with Crippen molar-refractivity contribution >= 4 is 17.3 Å². The quantitative estimate of drug-likeness (QED) is 0.800. The summed E-state index contributed by atoms with van der Waals surface area (Å²) in [5.74, 6) is 0. The lowest BCUT2D eigenvalue weighted by molar-refractivity contribution is 0.187. The number of halogens is 1. The Morgan fingerprint density at radius 1 is 1.50 bits per heavy atom. The first-order valence-corrected chi connectivity index (χ1v) is 4.79. The second-order valence-corrected chi connectivity index (χ2v) is 3.73. The number of hydrogen-bond donors (Lipinski definition) is 2. The normalized spacial score (nSPS) is 12.6. The van der Waals surface area contributed by atoms with Crippen LogP contribution in [0.4, 0.5) is 5.69 Å². The second-order valence-electron chi connectivity index (χ2n) is 3.32. The minimum absolute atomic E-state index is 0.171. The number of hydrogen-bond acceptors (Lipinski definition) is 3. The van der Waals surface area contributed by atoms with Gasteiger partial charge in [-0.3, -0.25) is 0 Å². The van der Waals surface area contributed by atoms with Crippen LogP contribution in [0, 0.1) is 0 Å². The molecule has 14 heavy (non-hydrogen) atoms. The Balaban J connectivity index is 3.22. The first-order chi connectivity index (χ1) is 6.57. The van der Waals surface area contributed by atoms with Crippen LogP contribution in [-0.2, 0) is 0 Å². The Hall–Kier alpha value is -0.770. The van der Waals surface area contributed by atoms with Crippen LogP contribution in [0.1, 0.15) is 11.7 Å². The van der Waals surface area contributed by atoms with Crippen LogP contribution in [0.3, 0.4) is 0 Å². The van der Waals surface area contributed by atoms with Gasteiger partial charge in [-0.15, -0.1) is 0 Å². The predicted molar refractivity (Wildman–Crippen MR) is 59.8 cm³/mol. The molecule has 1 atom stereocenters. The highest BCUT2D eigenvalue weighted by Crippen LogP contribution is 2.31. The van der Waals surface area contributed by atoms with Gasteiger partial charge in [-0.25, -0.2) is 0 Å². The summed E-state index contributed by atoms with van der Waals surface area (Å²) in [6.07, 6.45) is -0.707. The Morgan fingerprint density at radius 3 is 2.64 bits per heavy atom. The fourth-order valence-corrected chi connectivity index (χ4v) is 1.66. The van der Waals surface area contributed by atoms with Crippen LogP contribution in [-0.4, -0.2) is 25.7 Å². The van der Waals surface area contributed by atoms with E-state index >= 15 is 0 Å². The highest BCUT2D eigenvalue weighted by atomic mass is 35.5. The van der Waals surface area contributed by atoms with Gasteiger partial charge in [-0.05, 0) is 12.1 Å². The molecule has 4 heteroatoms. The molecule has 1 unspecified atom stereocenters. The van der Waals surface area contributed by atoms with Gasteiger partial charge in [0.15, 0.2) is 0 Å². The molecule has 0 fully saturated rings. The van der Waals surface area contributed by atoms with E-state index in [0.717, 1.165) is 5.69 Å². The van der Waals surface area contributed by atoms with Crippen LogP contribution >= 0.6 is 11.6 Å². The summed E-state index contributed by atoms with van der Waals surface area (Å²) in [7, 11) is 3.80. The minimum Gasteiger partial charge on any atom is -0.387 e. The van der Waals surface area contributed by atoms with E-state index < -0.39 is 6.10 Å². The molecule has 1 aromatic rings. The average molecular weight is 215 g/mol. The number of rotatable bonds is 3.